The van der Waals surface area contributed by atoms with Crippen LogP contribution in [0.4, 0.5) is 14.9 Å². The van der Waals surface area contributed by atoms with Crippen molar-refractivity contribution in [2.45, 2.75) is 26.4 Å². The van der Waals surface area contributed by atoms with Crippen LogP contribution in [0.15, 0.2) is 34.1 Å². The number of amides is 2. The lowest BCUT2D eigenvalue weighted by Gasteiger charge is -2.26. The lowest BCUT2D eigenvalue weighted by molar-refractivity contribution is 0.0563. The molecule has 0 radical (unpaired) electrons. The van der Waals surface area contributed by atoms with Gasteiger partial charge in [-0.05, 0) is 60.3 Å². The SMILES string of the molecule is COc1ccc(N(C(=O)OC(C)(C)C)C(=O)c2cccs2)c(F)c1Br. The van der Waals surface area contributed by atoms with Gasteiger partial charge in [-0.15, -0.1) is 11.3 Å². The second-order valence-corrected chi connectivity index (χ2v) is 7.75. The number of carbonyl (C=O) groups is 2. The van der Waals surface area contributed by atoms with Crippen molar-refractivity contribution in [3.8, 4) is 5.75 Å². The van der Waals surface area contributed by atoms with Gasteiger partial charge < -0.3 is 9.47 Å². The molecule has 0 aliphatic carbocycles. The highest BCUT2D eigenvalue weighted by Gasteiger charge is 2.33. The van der Waals surface area contributed by atoms with Gasteiger partial charge in [-0.3, -0.25) is 4.79 Å². The lowest BCUT2D eigenvalue weighted by atomic mass is 10.2. The topological polar surface area (TPSA) is 55.8 Å². The number of benzene rings is 1. The van der Waals surface area contributed by atoms with E-state index in [1.54, 1.807) is 38.3 Å². The summed E-state index contributed by atoms with van der Waals surface area (Å²) in [4.78, 5) is 26.3. The molecule has 0 N–H and O–H groups in total. The van der Waals surface area contributed by atoms with Crippen LogP contribution in [-0.2, 0) is 4.74 Å². The molecule has 0 atom stereocenters. The number of nitrogens with zero attached hydrogens (tertiary/aromatic N) is 1. The molecule has 1 aromatic heterocycles. The van der Waals surface area contributed by atoms with Crippen LogP contribution in [-0.4, -0.2) is 24.7 Å². The van der Waals surface area contributed by atoms with E-state index >= 15 is 0 Å². The molecule has 0 saturated heterocycles. The van der Waals surface area contributed by atoms with E-state index in [1.165, 1.54) is 19.2 Å². The highest BCUT2D eigenvalue weighted by Crippen LogP contribution is 2.35. The fraction of sp³-hybridized carbons (Fsp3) is 0.294. The highest BCUT2D eigenvalue weighted by atomic mass is 79.9. The average Bonchev–Trinajstić information content (AvgIpc) is 3.04. The zero-order chi connectivity index (χ0) is 18.8. The third kappa shape index (κ3) is 4.38. The van der Waals surface area contributed by atoms with Crippen LogP contribution in [0.3, 0.4) is 0 Å². The molecular weight excluding hydrogens is 413 g/mol. The van der Waals surface area contributed by atoms with Gasteiger partial charge in [-0.1, -0.05) is 6.07 Å². The van der Waals surface area contributed by atoms with E-state index in [1.807, 2.05) is 0 Å². The van der Waals surface area contributed by atoms with Gasteiger partial charge in [-0.2, -0.15) is 0 Å². The molecular formula is C17H17BrFNO4S. The molecule has 1 heterocycles. The smallest absolute Gasteiger partial charge is 0.422 e. The van der Waals surface area contributed by atoms with Crippen LogP contribution in [0, 0.1) is 5.82 Å². The summed E-state index contributed by atoms with van der Waals surface area (Å²) in [6.45, 7) is 5.00. The molecule has 0 spiro atoms. The summed E-state index contributed by atoms with van der Waals surface area (Å²) in [6.07, 6.45) is -0.957. The van der Waals surface area contributed by atoms with Gasteiger partial charge in [0.25, 0.3) is 5.91 Å². The highest BCUT2D eigenvalue weighted by molar-refractivity contribution is 9.10. The molecule has 0 bridgehead atoms. The van der Waals surface area contributed by atoms with Crippen LogP contribution in [0.25, 0.3) is 0 Å². The number of methoxy groups -OCH3 is 1. The first kappa shape index (κ1) is 19.4. The van der Waals surface area contributed by atoms with E-state index in [4.69, 9.17) is 9.47 Å². The van der Waals surface area contributed by atoms with Crippen molar-refractivity contribution < 1.29 is 23.5 Å². The first-order chi connectivity index (χ1) is 11.7. The summed E-state index contributed by atoms with van der Waals surface area (Å²) in [7, 11) is 1.39. The van der Waals surface area contributed by atoms with Gasteiger partial charge in [0.15, 0.2) is 5.82 Å². The Kier molecular flexibility index (Phi) is 5.84. The summed E-state index contributed by atoms with van der Waals surface area (Å²) >= 11 is 4.23. The van der Waals surface area contributed by atoms with Gasteiger partial charge in [0.1, 0.15) is 11.4 Å². The van der Waals surface area contributed by atoms with Crippen LogP contribution >= 0.6 is 27.3 Å². The molecule has 1 aromatic carbocycles. The quantitative estimate of drug-likeness (QED) is 0.669. The standard InChI is InChI=1S/C17H17BrFNO4S/c1-17(2,3)24-16(22)20(15(21)12-6-5-9-25-12)10-7-8-11(23-4)13(18)14(10)19/h5-9H,1-4H3. The first-order valence-electron chi connectivity index (χ1n) is 7.28. The minimum Gasteiger partial charge on any atom is -0.495 e. The summed E-state index contributed by atoms with van der Waals surface area (Å²) in [5, 5.41) is 1.70. The predicted molar refractivity (Wildman–Crippen MR) is 98.0 cm³/mol. The number of hydrogen-bond donors (Lipinski definition) is 0. The summed E-state index contributed by atoms with van der Waals surface area (Å²) in [6, 6.07) is 5.99. The molecule has 8 heteroatoms. The Morgan fingerprint density at radius 3 is 2.44 bits per heavy atom. The Hall–Kier alpha value is -1.93. The van der Waals surface area contributed by atoms with Crippen molar-refractivity contribution in [2.75, 3.05) is 12.0 Å². The lowest BCUT2D eigenvalue weighted by Crippen LogP contribution is -2.41. The minimum absolute atomic E-state index is 0.0139. The molecule has 0 saturated carbocycles. The van der Waals surface area contributed by atoms with Crippen molar-refractivity contribution in [3.63, 3.8) is 0 Å². The molecule has 2 amide bonds. The molecule has 5 nitrogen and oxygen atoms in total. The van der Waals surface area contributed by atoms with E-state index in [-0.39, 0.29) is 20.8 Å². The normalized spacial score (nSPS) is 11.1. The fourth-order valence-corrected chi connectivity index (χ4v) is 3.11. The van der Waals surface area contributed by atoms with Crippen molar-refractivity contribution >= 4 is 45.0 Å². The van der Waals surface area contributed by atoms with Crippen LogP contribution in [0.2, 0.25) is 0 Å². The Balaban J connectivity index is 2.54. The third-order valence-electron chi connectivity index (χ3n) is 3.00. The van der Waals surface area contributed by atoms with Gasteiger partial charge in [0.05, 0.1) is 22.1 Å². The number of rotatable bonds is 3. The zero-order valence-electron chi connectivity index (χ0n) is 14.1. The van der Waals surface area contributed by atoms with E-state index in [0.29, 0.717) is 4.90 Å². The number of halogens is 2. The number of thiophene rings is 1. The number of imide groups is 1. The molecule has 0 fully saturated rings. The Labute approximate surface area is 157 Å². The monoisotopic (exact) mass is 429 g/mol. The second kappa shape index (κ2) is 7.53. The maximum Gasteiger partial charge on any atom is 0.422 e. The number of hydrogen-bond acceptors (Lipinski definition) is 5. The number of ether oxygens (including phenoxy) is 2. The maximum atomic E-state index is 14.8. The Bertz CT molecular complexity index is 787. The van der Waals surface area contributed by atoms with Crippen molar-refractivity contribution in [2.24, 2.45) is 0 Å². The summed E-state index contributed by atoms with van der Waals surface area (Å²) in [5.41, 5.74) is -1.06. The molecule has 0 aliphatic heterocycles. The molecule has 2 rings (SSSR count). The number of carbonyl (C=O) groups excluding carboxylic acids is 2. The summed E-state index contributed by atoms with van der Waals surface area (Å²) in [5.74, 6) is -1.22. The third-order valence-corrected chi connectivity index (χ3v) is 4.60. The van der Waals surface area contributed by atoms with Gasteiger partial charge in [0.2, 0.25) is 0 Å². The maximum absolute atomic E-state index is 14.8. The first-order valence-corrected chi connectivity index (χ1v) is 8.96. The predicted octanol–water partition coefficient (Wildman–Crippen LogP) is 5.24. The molecule has 2 aromatic rings. The van der Waals surface area contributed by atoms with Gasteiger partial charge in [-0.25, -0.2) is 14.1 Å². The largest absolute Gasteiger partial charge is 0.495 e. The Morgan fingerprint density at radius 1 is 1.24 bits per heavy atom. The van der Waals surface area contributed by atoms with Crippen LogP contribution in [0.1, 0.15) is 30.4 Å². The van der Waals surface area contributed by atoms with Gasteiger partial charge >= 0.3 is 6.09 Å². The second-order valence-electron chi connectivity index (χ2n) is 6.01. The Morgan fingerprint density at radius 2 is 1.92 bits per heavy atom. The average molecular weight is 430 g/mol. The molecule has 25 heavy (non-hydrogen) atoms. The van der Waals surface area contributed by atoms with Gasteiger partial charge in [0, 0.05) is 0 Å². The molecule has 0 aliphatic rings. The minimum atomic E-state index is -0.957. The van der Waals surface area contributed by atoms with Crippen LogP contribution in [0.5, 0.6) is 5.75 Å². The summed E-state index contributed by atoms with van der Waals surface area (Å²) < 4.78 is 25.1. The molecule has 0 unspecified atom stereocenters. The van der Waals surface area contributed by atoms with E-state index < -0.39 is 23.4 Å². The van der Waals surface area contributed by atoms with E-state index in [2.05, 4.69) is 15.9 Å². The fourth-order valence-electron chi connectivity index (χ4n) is 1.96. The van der Waals surface area contributed by atoms with Crippen molar-refractivity contribution in [3.05, 3.63) is 44.8 Å². The zero-order valence-corrected chi connectivity index (χ0v) is 16.5. The van der Waals surface area contributed by atoms with Crippen LogP contribution < -0.4 is 9.64 Å². The molecule has 134 valence electrons. The van der Waals surface area contributed by atoms with E-state index in [0.717, 1.165) is 11.3 Å². The van der Waals surface area contributed by atoms with Crippen molar-refractivity contribution in [1.29, 1.82) is 0 Å². The van der Waals surface area contributed by atoms with Crippen molar-refractivity contribution in [1.82, 2.24) is 0 Å². The van der Waals surface area contributed by atoms with E-state index in [9.17, 15) is 14.0 Å². The number of anilines is 1.